The molecule has 1 aromatic rings. The summed E-state index contributed by atoms with van der Waals surface area (Å²) in [5, 5.41) is 3.10. The van der Waals surface area contributed by atoms with Crippen molar-refractivity contribution in [1.82, 2.24) is 15.1 Å². The summed E-state index contributed by atoms with van der Waals surface area (Å²) in [6.07, 6.45) is 0. The van der Waals surface area contributed by atoms with Gasteiger partial charge >= 0.3 is 0 Å². The zero-order valence-corrected chi connectivity index (χ0v) is 11.4. The monoisotopic (exact) mass is 271 g/mol. The van der Waals surface area contributed by atoms with Crippen molar-refractivity contribution in [3.05, 3.63) is 23.1 Å². The van der Waals surface area contributed by atoms with Gasteiger partial charge in [-0.2, -0.15) is 0 Å². The summed E-state index contributed by atoms with van der Waals surface area (Å²) in [5.74, 6) is 0.0374. The van der Waals surface area contributed by atoms with Crippen LogP contribution in [-0.4, -0.2) is 62.0 Å². The normalized spacial score (nSPS) is 22.1. The maximum atomic E-state index is 11.8. The molecule has 5 nitrogen and oxygen atoms in total. The number of hydrogen-bond acceptors (Lipinski definition) is 4. The molecule has 0 aromatic carbocycles. The van der Waals surface area contributed by atoms with Crippen LogP contribution in [0.25, 0.3) is 0 Å². The van der Waals surface area contributed by atoms with Crippen LogP contribution in [0.3, 0.4) is 0 Å². The number of halogens is 1. The first-order chi connectivity index (χ1) is 8.56. The Morgan fingerprint density at radius 3 is 2.94 bits per heavy atom. The van der Waals surface area contributed by atoms with E-state index in [0.29, 0.717) is 12.6 Å². The van der Waals surface area contributed by atoms with Crippen molar-refractivity contribution in [2.45, 2.75) is 6.04 Å². The number of furan rings is 1. The highest BCUT2D eigenvalue weighted by Crippen LogP contribution is 2.13. The fourth-order valence-electron chi connectivity index (χ4n) is 2.06. The van der Waals surface area contributed by atoms with E-state index in [1.54, 1.807) is 12.1 Å². The van der Waals surface area contributed by atoms with E-state index in [1.165, 1.54) is 0 Å². The molecule has 1 aliphatic rings. The Kier molecular flexibility index (Phi) is 4.27. The third-order valence-corrected chi connectivity index (χ3v) is 3.48. The highest BCUT2D eigenvalue weighted by atomic mass is 35.5. The molecule has 1 aliphatic heterocycles. The number of amides is 1. The van der Waals surface area contributed by atoms with Crippen LogP contribution in [0.4, 0.5) is 0 Å². The van der Waals surface area contributed by atoms with Crippen LogP contribution in [0.15, 0.2) is 16.5 Å². The minimum atomic E-state index is -0.219. The van der Waals surface area contributed by atoms with Gasteiger partial charge in [-0.05, 0) is 37.8 Å². The molecule has 100 valence electrons. The van der Waals surface area contributed by atoms with Gasteiger partial charge in [-0.3, -0.25) is 9.69 Å². The van der Waals surface area contributed by atoms with Crippen molar-refractivity contribution in [2.75, 3.05) is 40.3 Å². The van der Waals surface area contributed by atoms with Crippen LogP contribution in [0.5, 0.6) is 0 Å². The van der Waals surface area contributed by atoms with Gasteiger partial charge in [-0.15, -0.1) is 0 Å². The van der Waals surface area contributed by atoms with Crippen molar-refractivity contribution in [2.24, 2.45) is 0 Å². The second-order valence-electron chi connectivity index (χ2n) is 4.71. The molecule has 18 heavy (non-hydrogen) atoms. The largest absolute Gasteiger partial charge is 0.440 e. The van der Waals surface area contributed by atoms with E-state index in [9.17, 15) is 4.79 Å². The first-order valence-corrected chi connectivity index (χ1v) is 6.36. The summed E-state index contributed by atoms with van der Waals surface area (Å²) in [6.45, 7) is 3.64. The molecule has 1 aromatic heterocycles. The zero-order chi connectivity index (χ0) is 13.1. The fourth-order valence-corrected chi connectivity index (χ4v) is 2.20. The van der Waals surface area contributed by atoms with Gasteiger partial charge in [0, 0.05) is 32.2 Å². The Morgan fingerprint density at radius 1 is 1.50 bits per heavy atom. The van der Waals surface area contributed by atoms with Gasteiger partial charge < -0.3 is 14.6 Å². The lowest BCUT2D eigenvalue weighted by Crippen LogP contribution is -2.54. The average Bonchev–Trinajstić information content (AvgIpc) is 2.77. The van der Waals surface area contributed by atoms with Gasteiger partial charge in [0.05, 0.1) is 0 Å². The molecule has 1 unspecified atom stereocenters. The standard InChI is InChI=1S/C12H18ClN3O2/c1-15-5-6-16(2)9(8-15)7-14-12(17)10-3-4-11(13)18-10/h3-4,9H,5-8H2,1-2H3,(H,14,17). The Labute approximate surface area is 112 Å². The van der Waals surface area contributed by atoms with Crippen LogP contribution in [0, 0.1) is 0 Å². The van der Waals surface area contributed by atoms with Crippen LogP contribution in [-0.2, 0) is 0 Å². The predicted octanol–water partition coefficient (Wildman–Crippen LogP) is 0.909. The number of carbonyl (C=O) groups excluding carboxylic acids is 1. The molecule has 2 heterocycles. The maximum Gasteiger partial charge on any atom is 0.287 e. The minimum absolute atomic E-state index is 0.219. The van der Waals surface area contributed by atoms with Gasteiger partial charge in [0.15, 0.2) is 11.0 Å². The molecule has 6 heteroatoms. The number of nitrogens with zero attached hydrogens (tertiary/aromatic N) is 2. The summed E-state index contributed by atoms with van der Waals surface area (Å²) in [5.41, 5.74) is 0. The van der Waals surface area contributed by atoms with Crippen molar-refractivity contribution in [3.63, 3.8) is 0 Å². The average molecular weight is 272 g/mol. The van der Waals surface area contributed by atoms with Crippen LogP contribution >= 0.6 is 11.6 Å². The quantitative estimate of drug-likeness (QED) is 0.888. The second-order valence-corrected chi connectivity index (χ2v) is 5.08. The number of piperazine rings is 1. The van der Waals surface area contributed by atoms with E-state index in [1.807, 2.05) is 0 Å². The Hall–Kier alpha value is -1.04. The molecule has 1 saturated heterocycles. The molecule has 0 radical (unpaired) electrons. The molecular weight excluding hydrogens is 254 g/mol. The topological polar surface area (TPSA) is 48.7 Å². The van der Waals surface area contributed by atoms with Crippen molar-refractivity contribution in [3.8, 4) is 0 Å². The summed E-state index contributed by atoms with van der Waals surface area (Å²) in [6, 6.07) is 3.48. The van der Waals surface area contributed by atoms with Crippen molar-refractivity contribution >= 4 is 17.5 Å². The first kappa shape index (κ1) is 13.4. The predicted molar refractivity (Wildman–Crippen MR) is 70.0 cm³/mol. The number of likely N-dealkylation sites (N-methyl/N-ethyl adjacent to an activating group) is 2. The fraction of sp³-hybridized carbons (Fsp3) is 0.583. The molecule has 0 aliphatic carbocycles. The Bertz CT molecular complexity index is 421. The highest BCUT2D eigenvalue weighted by Gasteiger charge is 2.23. The van der Waals surface area contributed by atoms with Gasteiger partial charge in [0.25, 0.3) is 5.91 Å². The Morgan fingerprint density at radius 2 is 2.28 bits per heavy atom. The smallest absolute Gasteiger partial charge is 0.287 e. The Balaban J connectivity index is 1.85. The lowest BCUT2D eigenvalue weighted by atomic mass is 10.2. The molecule has 0 bridgehead atoms. The molecule has 2 rings (SSSR count). The zero-order valence-electron chi connectivity index (χ0n) is 10.6. The molecule has 0 saturated carbocycles. The second kappa shape index (κ2) is 5.73. The molecule has 1 fully saturated rings. The van der Waals surface area contributed by atoms with Gasteiger partial charge in [0.1, 0.15) is 0 Å². The summed E-state index contributed by atoms with van der Waals surface area (Å²) < 4.78 is 5.06. The summed E-state index contributed by atoms with van der Waals surface area (Å²) in [7, 11) is 4.17. The van der Waals surface area contributed by atoms with E-state index < -0.39 is 0 Å². The van der Waals surface area contributed by atoms with Crippen molar-refractivity contribution in [1.29, 1.82) is 0 Å². The highest BCUT2D eigenvalue weighted by molar-refractivity contribution is 6.29. The van der Waals surface area contributed by atoms with Gasteiger partial charge in [-0.1, -0.05) is 0 Å². The van der Waals surface area contributed by atoms with Gasteiger partial charge in [-0.25, -0.2) is 0 Å². The molecule has 0 spiro atoms. The molecule has 1 atom stereocenters. The van der Waals surface area contributed by atoms with E-state index in [-0.39, 0.29) is 16.9 Å². The third-order valence-electron chi connectivity index (χ3n) is 3.28. The molecule has 1 amide bonds. The lowest BCUT2D eigenvalue weighted by Gasteiger charge is -2.37. The minimum Gasteiger partial charge on any atom is -0.440 e. The maximum absolute atomic E-state index is 11.8. The molecule has 1 N–H and O–H groups in total. The number of hydrogen-bond donors (Lipinski definition) is 1. The summed E-state index contributed by atoms with van der Waals surface area (Å²) in [4.78, 5) is 16.3. The number of nitrogens with one attached hydrogen (secondary N) is 1. The van der Waals surface area contributed by atoms with Crippen LogP contribution < -0.4 is 5.32 Å². The molecular formula is C12H18ClN3O2. The van der Waals surface area contributed by atoms with Crippen LogP contribution in [0.2, 0.25) is 5.22 Å². The van der Waals surface area contributed by atoms with Gasteiger partial charge in [0.2, 0.25) is 0 Å². The third kappa shape index (κ3) is 3.25. The number of carbonyl (C=O) groups is 1. The van der Waals surface area contributed by atoms with Crippen LogP contribution in [0.1, 0.15) is 10.6 Å². The van der Waals surface area contributed by atoms with E-state index in [4.69, 9.17) is 16.0 Å². The van der Waals surface area contributed by atoms with E-state index in [0.717, 1.165) is 19.6 Å². The van der Waals surface area contributed by atoms with E-state index >= 15 is 0 Å². The number of rotatable bonds is 3. The van der Waals surface area contributed by atoms with Crippen molar-refractivity contribution < 1.29 is 9.21 Å². The van der Waals surface area contributed by atoms with E-state index in [2.05, 4.69) is 29.2 Å². The first-order valence-electron chi connectivity index (χ1n) is 5.98. The SMILES string of the molecule is CN1CCN(C)C(CNC(=O)c2ccc(Cl)o2)C1. The summed E-state index contributed by atoms with van der Waals surface area (Å²) >= 11 is 5.63. The lowest BCUT2D eigenvalue weighted by molar-refractivity contribution is 0.0857.